The molecule has 1 saturated heterocycles. The summed E-state index contributed by atoms with van der Waals surface area (Å²) in [6.07, 6.45) is 5.17. The fraction of sp³-hybridized carbons (Fsp3) is 0.933. The first-order valence-corrected chi connectivity index (χ1v) is 10.3. The van der Waals surface area contributed by atoms with Gasteiger partial charge in [0.15, 0.2) is 0 Å². The second kappa shape index (κ2) is 8.88. The first-order valence-electron chi connectivity index (χ1n) is 8.26. The molecule has 1 atom stereocenters. The molecule has 1 fully saturated rings. The van der Waals surface area contributed by atoms with Crippen LogP contribution in [0.4, 0.5) is 0 Å². The van der Waals surface area contributed by atoms with Gasteiger partial charge in [0.05, 0.1) is 0 Å². The molecule has 1 rings (SSSR count). The van der Waals surface area contributed by atoms with E-state index in [2.05, 4.69) is 0 Å². The average Bonchev–Trinajstić information content (AvgIpc) is 2.42. The Morgan fingerprint density at radius 1 is 1.14 bits per heavy atom. The lowest BCUT2D eigenvalue weighted by Crippen LogP contribution is -2.66. The summed E-state index contributed by atoms with van der Waals surface area (Å²) in [5.74, 6) is -0.252. The summed E-state index contributed by atoms with van der Waals surface area (Å²) in [5, 5.41) is -0.332. The summed E-state index contributed by atoms with van der Waals surface area (Å²) in [5.41, 5.74) is 5.28. The number of carbonyl (C=O) groups excluding carboxylic acids is 1. The summed E-state index contributed by atoms with van der Waals surface area (Å²) >= 11 is 0. The van der Waals surface area contributed by atoms with E-state index in [0.717, 1.165) is 38.1 Å². The predicted octanol–water partition coefficient (Wildman–Crippen LogP) is 2.66. The Bertz CT molecular complexity index is 311. The Balaban J connectivity index is 2.97. The van der Waals surface area contributed by atoms with Crippen molar-refractivity contribution in [1.29, 1.82) is 0 Å². The molecular weight excluding hydrogens is 286 g/mol. The quantitative estimate of drug-likeness (QED) is 0.629. The zero-order chi connectivity index (χ0) is 15.8. The number of nitrogens with two attached hydrogens (primary N) is 1. The molecule has 0 aromatic rings. The Hall–Kier alpha value is -0.433. The number of primary amides is 1. The van der Waals surface area contributed by atoms with Crippen LogP contribution in [0.2, 0.25) is 6.04 Å². The van der Waals surface area contributed by atoms with Crippen LogP contribution in [0.5, 0.6) is 0 Å². The third-order valence-electron chi connectivity index (χ3n) is 4.21. The van der Waals surface area contributed by atoms with E-state index in [1.54, 1.807) is 0 Å². The molecule has 21 heavy (non-hydrogen) atoms. The molecule has 6 heteroatoms. The maximum absolute atomic E-state index is 11.0. The van der Waals surface area contributed by atoms with Crippen LogP contribution in [-0.2, 0) is 18.4 Å². The van der Waals surface area contributed by atoms with Gasteiger partial charge in [-0.15, -0.1) is 0 Å². The Morgan fingerprint density at radius 3 is 2.33 bits per heavy atom. The van der Waals surface area contributed by atoms with Gasteiger partial charge >= 0.3 is 8.56 Å². The van der Waals surface area contributed by atoms with Crippen molar-refractivity contribution >= 4 is 14.5 Å². The van der Waals surface area contributed by atoms with E-state index < -0.39 is 8.56 Å². The lowest BCUT2D eigenvalue weighted by atomic mass is 10.0. The molecule has 1 heterocycles. The smallest absolute Gasteiger partial charge is 0.371 e. The fourth-order valence-corrected chi connectivity index (χ4v) is 7.98. The van der Waals surface area contributed by atoms with Crippen LogP contribution in [0.25, 0.3) is 0 Å². The van der Waals surface area contributed by atoms with Crippen molar-refractivity contribution < 1.29 is 18.4 Å². The van der Waals surface area contributed by atoms with Crippen molar-refractivity contribution in [3.8, 4) is 0 Å². The Kier molecular flexibility index (Phi) is 7.87. The largest absolute Gasteiger partial charge is 0.393 e. The molecule has 1 aliphatic heterocycles. The Labute approximate surface area is 129 Å². The van der Waals surface area contributed by atoms with Gasteiger partial charge in [0.25, 0.3) is 0 Å². The third-order valence-corrected chi connectivity index (χ3v) is 8.76. The lowest BCUT2D eigenvalue weighted by molar-refractivity contribution is -0.118. The minimum atomic E-state index is -2.43. The first kappa shape index (κ1) is 18.6. The molecule has 1 amide bonds. The van der Waals surface area contributed by atoms with Crippen molar-refractivity contribution in [2.45, 2.75) is 70.6 Å². The summed E-state index contributed by atoms with van der Waals surface area (Å²) in [4.78, 5) is 11.0. The van der Waals surface area contributed by atoms with Crippen molar-refractivity contribution in [3.05, 3.63) is 0 Å². The lowest BCUT2D eigenvalue weighted by Gasteiger charge is -2.49. The highest BCUT2D eigenvalue weighted by atomic mass is 28.4. The van der Waals surface area contributed by atoms with Gasteiger partial charge in [-0.1, -0.05) is 12.8 Å². The monoisotopic (exact) mass is 317 g/mol. The molecular formula is C15H31NO4Si. The minimum absolute atomic E-state index is 0.252. The molecule has 1 aliphatic rings. The number of rotatable bonds is 10. The number of carbonyl (C=O) groups is 1. The molecule has 0 aliphatic carbocycles. The van der Waals surface area contributed by atoms with Gasteiger partial charge in [-0.05, 0) is 46.1 Å². The van der Waals surface area contributed by atoms with Crippen LogP contribution >= 0.6 is 0 Å². The number of hydrogen-bond donors (Lipinski definition) is 1. The molecule has 0 radical (unpaired) electrons. The van der Waals surface area contributed by atoms with Crippen LogP contribution in [0, 0.1) is 0 Å². The average molecular weight is 318 g/mol. The van der Waals surface area contributed by atoms with Gasteiger partial charge in [-0.3, -0.25) is 4.79 Å². The third kappa shape index (κ3) is 4.52. The SMILES string of the molecule is CCOC1(CCCC(N)=O)CCCC[Si]1(OCC)OCC. The molecule has 0 spiro atoms. The van der Waals surface area contributed by atoms with Crippen LogP contribution in [0.3, 0.4) is 0 Å². The zero-order valence-electron chi connectivity index (χ0n) is 13.8. The normalized spacial score (nSPS) is 24.9. The first-order chi connectivity index (χ1) is 10.1. The molecule has 0 aromatic heterocycles. The summed E-state index contributed by atoms with van der Waals surface area (Å²) in [7, 11) is -2.43. The highest BCUT2D eigenvalue weighted by Gasteiger charge is 2.59. The fourth-order valence-electron chi connectivity index (χ4n) is 3.50. The van der Waals surface area contributed by atoms with E-state index in [1.807, 2.05) is 20.8 Å². The number of ether oxygens (including phenoxy) is 1. The number of amides is 1. The highest BCUT2D eigenvalue weighted by Crippen LogP contribution is 2.44. The molecule has 0 saturated carbocycles. The highest BCUT2D eigenvalue weighted by molar-refractivity contribution is 6.70. The van der Waals surface area contributed by atoms with Gasteiger partial charge in [0.1, 0.15) is 5.22 Å². The van der Waals surface area contributed by atoms with E-state index in [4.69, 9.17) is 19.3 Å². The summed E-state index contributed by atoms with van der Waals surface area (Å²) < 4.78 is 18.7. The second-order valence-electron chi connectivity index (χ2n) is 5.57. The van der Waals surface area contributed by atoms with Gasteiger partial charge < -0.3 is 19.3 Å². The van der Waals surface area contributed by atoms with E-state index in [9.17, 15) is 4.79 Å². The molecule has 5 nitrogen and oxygen atoms in total. The van der Waals surface area contributed by atoms with Gasteiger partial charge in [0.2, 0.25) is 5.91 Å². The molecule has 1 unspecified atom stereocenters. The second-order valence-corrected chi connectivity index (χ2v) is 9.07. The van der Waals surface area contributed by atoms with Crippen LogP contribution in [0.1, 0.15) is 59.3 Å². The topological polar surface area (TPSA) is 70.8 Å². The van der Waals surface area contributed by atoms with Gasteiger partial charge in [0, 0.05) is 26.2 Å². The van der Waals surface area contributed by atoms with Crippen molar-refractivity contribution in [2.24, 2.45) is 5.73 Å². The zero-order valence-corrected chi connectivity index (χ0v) is 14.8. The van der Waals surface area contributed by atoms with Crippen molar-refractivity contribution in [1.82, 2.24) is 0 Å². The van der Waals surface area contributed by atoms with Crippen LogP contribution in [-0.4, -0.2) is 39.5 Å². The summed E-state index contributed by atoms with van der Waals surface area (Å²) in [6, 6.07) is 0.977. The van der Waals surface area contributed by atoms with Gasteiger partial charge in [-0.25, -0.2) is 0 Å². The number of hydrogen-bond acceptors (Lipinski definition) is 4. The standard InChI is InChI=1S/C15H31NO4Si/c1-4-18-15(12-9-10-14(16)17)11-7-8-13-21(15,19-5-2)20-6-3/h4-13H2,1-3H3,(H2,16,17). The molecule has 124 valence electrons. The predicted molar refractivity (Wildman–Crippen MR) is 85.1 cm³/mol. The van der Waals surface area contributed by atoms with Crippen molar-refractivity contribution in [3.63, 3.8) is 0 Å². The molecule has 0 bridgehead atoms. The van der Waals surface area contributed by atoms with Gasteiger partial charge in [-0.2, -0.15) is 0 Å². The minimum Gasteiger partial charge on any atom is -0.393 e. The van der Waals surface area contributed by atoms with Crippen molar-refractivity contribution in [2.75, 3.05) is 19.8 Å². The summed E-state index contributed by atoms with van der Waals surface area (Å²) in [6.45, 7) is 7.99. The molecule has 0 aromatic carbocycles. The van der Waals surface area contributed by atoms with E-state index in [0.29, 0.717) is 26.2 Å². The molecule has 2 N–H and O–H groups in total. The van der Waals surface area contributed by atoms with Crippen LogP contribution in [0.15, 0.2) is 0 Å². The van der Waals surface area contributed by atoms with E-state index in [-0.39, 0.29) is 11.1 Å². The maximum Gasteiger partial charge on any atom is 0.371 e. The van der Waals surface area contributed by atoms with Crippen LogP contribution < -0.4 is 5.73 Å². The van der Waals surface area contributed by atoms with E-state index in [1.165, 1.54) is 0 Å². The Morgan fingerprint density at radius 2 is 1.81 bits per heavy atom. The maximum atomic E-state index is 11.0. The van der Waals surface area contributed by atoms with E-state index >= 15 is 0 Å².